The molecule has 1 heterocycles. The zero-order valence-electron chi connectivity index (χ0n) is 14.9. The van der Waals surface area contributed by atoms with Crippen molar-refractivity contribution in [3.05, 3.63) is 35.9 Å². The topological polar surface area (TPSA) is 40.6 Å². The fourth-order valence-electron chi connectivity index (χ4n) is 3.47. The molecule has 4 heteroatoms. The molecule has 126 valence electrons. The van der Waals surface area contributed by atoms with E-state index in [1.165, 1.54) is 0 Å². The molecule has 0 N–H and O–H groups in total. The van der Waals surface area contributed by atoms with Crippen LogP contribution < -0.4 is 0 Å². The number of hydrogen-bond acceptors (Lipinski definition) is 2. The van der Waals surface area contributed by atoms with Crippen molar-refractivity contribution in [2.75, 3.05) is 7.05 Å². The Morgan fingerprint density at radius 2 is 1.78 bits per heavy atom. The number of carbonyl (C=O) groups excluding carboxylic acids is 2. The van der Waals surface area contributed by atoms with Crippen LogP contribution in [-0.4, -0.2) is 40.9 Å². The molecule has 0 saturated carbocycles. The molecule has 23 heavy (non-hydrogen) atoms. The first-order valence-electron chi connectivity index (χ1n) is 8.43. The van der Waals surface area contributed by atoms with E-state index in [0.29, 0.717) is 5.56 Å². The van der Waals surface area contributed by atoms with Crippen LogP contribution in [0, 0.1) is 5.41 Å². The predicted molar refractivity (Wildman–Crippen MR) is 91.9 cm³/mol. The van der Waals surface area contributed by atoms with Crippen LogP contribution in [0.5, 0.6) is 0 Å². The minimum Gasteiger partial charge on any atom is -0.323 e. The largest absolute Gasteiger partial charge is 0.323 e. The first-order valence-corrected chi connectivity index (χ1v) is 8.43. The minimum absolute atomic E-state index is 0.0515. The van der Waals surface area contributed by atoms with Crippen LogP contribution in [0.15, 0.2) is 30.3 Å². The average Bonchev–Trinajstić information content (AvgIpc) is 2.77. The summed E-state index contributed by atoms with van der Waals surface area (Å²) in [6.45, 7) is 8.34. The number of benzene rings is 1. The molecule has 1 aliphatic heterocycles. The molecule has 2 rings (SSSR count). The Balaban J connectivity index is 2.42. The van der Waals surface area contributed by atoms with Crippen molar-refractivity contribution < 1.29 is 9.59 Å². The summed E-state index contributed by atoms with van der Waals surface area (Å²) in [5, 5.41) is 0. The summed E-state index contributed by atoms with van der Waals surface area (Å²) in [4.78, 5) is 29.4. The minimum atomic E-state index is -0.350. The third-order valence-electron chi connectivity index (χ3n) is 4.46. The SMILES string of the molecule is CCCC[C@@H]1C(=O)N(C)[C@H](C(C)(C)C)N1C(=O)c1ccccc1. The highest BCUT2D eigenvalue weighted by Crippen LogP contribution is 2.36. The molecular weight excluding hydrogens is 288 g/mol. The molecule has 0 spiro atoms. The second-order valence-corrected chi connectivity index (χ2v) is 7.43. The summed E-state index contributed by atoms with van der Waals surface area (Å²) in [5.74, 6) is 0.00647. The Morgan fingerprint density at radius 3 is 2.30 bits per heavy atom. The maximum absolute atomic E-state index is 13.1. The van der Waals surface area contributed by atoms with Crippen molar-refractivity contribution in [1.82, 2.24) is 9.80 Å². The standard InChI is InChI=1S/C19H28N2O2/c1-6-7-13-15-17(23)20(5)18(19(2,3)4)21(15)16(22)14-11-9-8-10-12-14/h8-12,15,18H,6-7,13H2,1-5H3/t15-,18+/m1/s1. The molecule has 1 saturated heterocycles. The maximum atomic E-state index is 13.1. The average molecular weight is 316 g/mol. The lowest BCUT2D eigenvalue weighted by molar-refractivity contribution is -0.129. The van der Waals surface area contributed by atoms with E-state index in [1.54, 1.807) is 4.90 Å². The molecular formula is C19H28N2O2. The normalized spacial score (nSPS) is 21.9. The quantitative estimate of drug-likeness (QED) is 0.852. The summed E-state index contributed by atoms with van der Waals surface area (Å²) in [7, 11) is 1.81. The highest BCUT2D eigenvalue weighted by molar-refractivity contribution is 5.99. The fourth-order valence-corrected chi connectivity index (χ4v) is 3.47. The second-order valence-electron chi connectivity index (χ2n) is 7.43. The van der Waals surface area contributed by atoms with Crippen molar-refractivity contribution in [2.24, 2.45) is 5.41 Å². The zero-order valence-corrected chi connectivity index (χ0v) is 14.9. The van der Waals surface area contributed by atoms with Gasteiger partial charge in [-0.1, -0.05) is 58.7 Å². The van der Waals surface area contributed by atoms with Gasteiger partial charge >= 0.3 is 0 Å². The first-order chi connectivity index (χ1) is 10.8. The molecule has 4 nitrogen and oxygen atoms in total. The molecule has 1 aromatic rings. The van der Waals surface area contributed by atoms with Gasteiger partial charge in [-0.15, -0.1) is 0 Å². The fraction of sp³-hybridized carbons (Fsp3) is 0.579. The van der Waals surface area contributed by atoms with E-state index in [9.17, 15) is 9.59 Å². The molecule has 1 aromatic carbocycles. The number of carbonyl (C=O) groups is 2. The number of amides is 2. The Morgan fingerprint density at radius 1 is 1.17 bits per heavy atom. The van der Waals surface area contributed by atoms with Crippen molar-refractivity contribution in [2.45, 2.75) is 59.2 Å². The molecule has 2 atom stereocenters. The van der Waals surface area contributed by atoms with Gasteiger partial charge < -0.3 is 9.80 Å². The number of rotatable bonds is 4. The Labute approximate surface area is 139 Å². The highest BCUT2D eigenvalue weighted by atomic mass is 16.2. The smallest absolute Gasteiger partial charge is 0.256 e. The molecule has 0 bridgehead atoms. The van der Waals surface area contributed by atoms with Crippen LogP contribution in [0.25, 0.3) is 0 Å². The zero-order chi connectivity index (χ0) is 17.2. The van der Waals surface area contributed by atoms with Gasteiger partial charge in [-0.25, -0.2) is 0 Å². The van der Waals surface area contributed by atoms with Gasteiger partial charge in [0.25, 0.3) is 5.91 Å². The van der Waals surface area contributed by atoms with Crippen LogP contribution in [0.4, 0.5) is 0 Å². The van der Waals surface area contributed by atoms with E-state index < -0.39 is 0 Å². The van der Waals surface area contributed by atoms with E-state index in [4.69, 9.17) is 0 Å². The van der Waals surface area contributed by atoms with Gasteiger partial charge in [0, 0.05) is 18.0 Å². The number of unbranched alkanes of at least 4 members (excludes halogenated alkanes) is 1. The van der Waals surface area contributed by atoms with Crippen LogP contribution in [0.3, 0.4) is 0 Å². The van der Waals surface area contributed by atoms with E-state index >= 15 is 0 Å². The van der Waals surface area contributed by atoms with Gasteiger partial charge in [-0.2, -0.15) is 0 Å². The molecule has 0 radical (unpaired) electrons. The van der Waals surface area contributed by atoms with Gasteiger partial charge in [-0.05, 0) is 18.6 Å². The lowest BCUT2D eigenvalue weighted by atomic mass is 9.90. The summed E-state index contributed by atoms with van der Waals surface area (Å²) >= 11 is 0. The van der Waals surface area contributed by atoms with Crippen molar-refractivity contribution in [3.63, 3.8) is 0 Å². The molecule has 1 fully saturated rings. The first kappa shape index (κ1) is 17.5. The monoisotopic (exact) mass is 316 g/mol. The molecule has 0 unspecified atom stereocenters. The third-order valence-corrected chi connectivity index (χ3v) is 4.46. The van der Waals surface area contributed by atoms with Crippen molar-refractivity contribution in [3.8, 4) is 0 Å². The Bertz CT molecular complexity index is 562. The lowest BCUT2D eigenvalue weighted by Crippen LogP contribution is -2.50. The summed E-state index contributed by atoms with van der Waals surface area (Å²) in [6.07, 6.45) is 2.47. The van der Waals surface area contributed by atoms with Gasteiger partial charge in [0.2, 0.25) is 5.91 Å². The van der Waals surface area contributed by atoms with Gasteiger partial charge in [-0.3, -0.25) is 9.59 Å². The van der Waals surface area contributed by atoms with E-state index in [0.717, 1.165) is 19.3 Å². The summed E-state index contributed by atoms with van der Waals surface area (Å²) in [5.41, 5.74) is 0.446. The summed E-state index contributed by atoms with van der Waals surface area (Å²) in [6, 6.07) is 8.92. The second kappa shape index (κ2) is 6.73. The molecule has 1 aliphatic rings. The molecule has 0 aromatic heterocycles. The highest BCUT2D eigenvalue weighted by Gasteiger charge is 2.50. The van der Waals surface area contributed by atoms with Crippen LogP contribution in [0.1, 0.15) is 57.3 Å². The number of likely N-dealkylation sites (N-methyl/N-ethyl adjacent to an activating group) is 1. The molecule has 2 amide bonds. The van der Waals surface area contributed by atoms with Crippen molar-refractivity contribution >= 4 is 11.8 Å². The molecule has 0 aliphatic carbocycles. The maximum Gasteiger partial charge on any atom is 0.256 e. The van der Waals surface area contributed by atoms with E-state index in [1.807, 2.05) is 42.3 Å². The Hall–Kier alpha value is -1.84. The van der Waals surface area contributed by atoms with E-state index in [2.05, 4.69) is 27.7 Å². The Kier molecular flexibility index (Phi) is 5.12. The summed E-state index contributed by atoms with van der Waals surface area (Å²) < 4.78 is 0. The van der Waals surface area contributed by atoms with Gasteiger partial charge in [0.1, 0.15) is 12.2 Å². The van der Waals surface area contributed by atoms with Crippen LogP contribution in [-0.2, 0) is 4.79 Å². The van der Waals surface area contributed by atoms with Crippen LogP contribution in [0.2, 0.25) is 0 Å². The lowest BCUT2D eigenvalue weighted by Gasteiger charge is -2.39. The third kappa shape index (κ3) is 3.41. The van der Waals surface area contributed by atoms with E-state index in [-0.39, 0.29) is 29.4 Å². The number of nitrogens with zero attached hydrogens (tertiary/aromatic N) is 2. The predicted octanol–water partition coefficient (Wildman–Crippen LogP) is 3.53. The number of hydrogen-bond donors (Lipinski definition) is 0. The van der Waals surface area contributed by atoms with Gasteiger partial charge in [0.05, 0.1) is 0 Å². The van der Waals surface area contributed by atoms with Gasteiger partial charge in [0.15, 0.2) is 0 Å². The van der Waals surface area contributed by atoms with Crippen molar-refractivity contribution in [1.29, 1.82) is 0 Å². The van der Waals surface area contributed by atoms with Crippen LogP contribution >= 0.6 is 0 Å².